The summed E-state index contributed by atoms with van der Waals surface area (Å²) >= 11 is 0. The largest absolute Gasteiger partial charge is 0.387 e. The van der Waals surface area contributed by atoms with Gasteiger partial charge in [0.05, 0.1) is 6.10 Å². The SMILES string of the molecule is Cc1cccc(C(O)CNC(=O)CCN(C)C)c1. The predicted molar refractivity (Wildman–Crippen MR) is 72.3 cm³/mol. The van der Waals surface area contributed by atoms with Gasteiger partial charge in [-0.1, -0.05) is 29.8 Å². The molecule has 0 saturated heterocycles. The summed E-state index contributed by atoms with van der Waals surface area (Å²) in [5.74, 6) is -0.0320. The second kappa shape index (κ2) is 7.13. The highest BCUT2D eigenvalue weighted by Crippen LogP contribution is 2.13. The van der Waals surface area contributed by atoms with Crippen LogP contribution in [0.5, 0.6) is 0 Å². The Hall–Kier alpha value is -1.39. The van der Waals surface area contributed by atoms with E-state index in [1.54, 1.807) is 0 Å². The van der Waals surface area contributed by atoms with Crippen LogP contribution in [0.4, 0.5) is 0 Å². The molecule has 0 fully saturated rings. The Morgan fingerprint density at radius 1 is 1.44 bits per heavy atom. The van der Waals surface area contributed by atoms with Crippen LogP contribution in [0.1, 0.15) is 23.7 Å². The Kier molecular flexibility index (Phi) is 5.82. The van der Waals surface area contributed by atoms with Crippen molar-refractivity contribution in [1.29, 1.82) is 0 Å². The van der Waals surface area contributed by atoms with E-state index in [4.69, 9.17) is 0 Å². The smallest absolute Gasteiger partial charge is 0.221 e. The molecule has 18 heavy (non-hydrogen) atoms. The van der Waals surface area contributed by atoms with E-state index < -0.39 is 6.10 Å². The maximum Gasteiger partial charge on any atom is 0.221 e. The number of aliphatic hydroxyl groups excluding tert-OH is 1. The highest BCUT2D eigenvalue weighted by atomic mass is 16.3. The van der Waals surface area contributed by atoms with E-state index in [2.05, 4.69) is 5.32 Å². The standard InChI is InChI=1S/C14H22N2O2/c1-11-5-4-6-12(9-11)13(17)10-15-14(18)7-8-16(2)3/h4-6,9,13,17H,7-8,10H2,1-3H3,(H,15,18). The van der Waals surface area contributed by atoms with Crippen molar-refractivity contribution in [3.05, 3.63) is 35.4 Å². The van der Waals surface area contributed by atoms with Crippen molar-refractivity contribution in [3.63, 3.8) is 0 Å². The molecule has 100 valence electrons. The van der Waals surface area contributed by atoms with Crippen LogP contribution in [0, 0.1) is 6.92 Å². The number of hydrogen-bond acceptors (Lipinski definition) is 3. The topological polar surface area (TPSA) is 52.6 Å². The van der Waals surface area contributed by atoms with Crippen molar-refractivity contribution in [3.8, 4) is 0 Å². The molecule has 1 rings (SSSR count). The van der Waals surface area contributed by atoms with E-state index in [1.165, 1.54) is 0 Å². The fourth-order valence-electron chi connectivity index (χ4n) is 1.62. The third-order valence-corrected chi connectivity index (χ3v) is 2.71. The Bertz CT molecular complexity index is 391. The number of nitrogens with zero attached hydrogens (tertiary/aromatic N) is 1. The summed E-state index contributed by atoms with van der Waals surface area (Å²) in [7, 11) is 3.85. The lowest BCUT2D eigenvalue weighted by Crippen LogP contribution is -2.30. The molecule has 4 nitrogen and oxygen atoms in total. The second-order valence-corrected chi connectivity index (χ2v) is 4.79. The molecule has 2 N–H and O–H groups in total. The van der Waals surface area contributed by atoms with Gasteiger partial charge < -0.3 is 15.3 Å². The molecule has 1 amide bonds. The molecular weight excluding hydrogens is 228 g/mol. The van der Waals surface area contributed by atoms with Crippen LogP contribution in [0.25, 0.3) is 0 Å². The van der Waals surface area contributed by atoms with Crippen LogP contribution < -0.4 is 5.32 Å². The van der Waals surface area contributed by atoms with Crippen LogP contribution in [-0.2, 0) is 4.79 Å². The Morgan fingerprint density at radius 2 is 2.17 bits per heavy atom. The third kappa shape index (κ3) is 5.29. The number of nitrogens with one attached hydrogen (secondary N) is 1. The molecule has 0 saturated carbocycles. The lowest BCUT2D eigenvalue weighted by Gasteiger charge is -2.14. The van der Waals surface area contributed by atoms with E-state index in [1.807, 2.05) is 50.2 Å². The molecule has 1 aromatic rings. The van der Waals surface area contributed by atoms with E-state index in [9.17, 15) is 9.90 Å². The first-order valence-electron chi connectivity index (χ1n) is 6.15. The number of carbonyl (C=O) groups is 1. The fourth-order valence-corrected chi connectivity index (χ4v) is 1.62. The number of carbonyl (C=O) groups excluding carboxylic acids is 1. The molecule has 0 aromatic heterocycles. The second-order valence-electron chi connectivity index (χ2n) is 4.79. The molecular formula is C14H22N2O2. The van der Waals surface area contributed by atoms with Crippen LogP contribution in [0.15, 0.2) is 24.3 Å². The minimum Gasteiger partial charge on any atom is -0.387 e. The minimum atomic E-state index is -0.645. The van der Waals surface area contributed by atoms with Crippen LogP contribution in [0.3, 0.4) is 0 Å². The summed E-state index contributed by atoms with van der Waals surface area (Å²) in [5.41, 5.74) is 1.94. The molecule has 1 unspecified atom stereocenters. The third-order valence-electron chi connectivity index (χ3n) is 2.71. The number of aliphatic hydroxyl groups is 1. The van der Waals surface area contributed by atoms with Gasteiger partial charge in [-0.15, -0.1) is 0 Å². The van der Waals surface area contributed by atoms with Crippen LogP contribution in [0.2, 0.25) is 0 Å². The maximum atomic E-state index is 11.5. The van der Waals surface area contributed by atoms with Gasteiger partial charge in [0.1, 0.15) is 0 Å². The van der Waals surface area contributed by atoms with Crippen LogP contribution in [-0.4, -0.2) is 43.1 Å². The fraction of sp³-hybridized carbons (Fsp3) is 0.500. The molecule has 0 aliphatic heterocycles. The summed E-state index contributed by atoms with van der Waals surface area (Å²) in [6, 6.07) is 7.67. The molecule has 0 spiro atoms. The van der Waals surface area contributed by atoms with Gasteiger partial charge in [-0.05, 0) is 26.6 Å². The number of amides is 1. The zero-order chi connectivity index (χ0) is 13.5. The van der Waals surface area contributed by atoms with Crippen molar-refractivity contribution in [2.24, 2.45) is 0 Å². The first kappa shape index (κ1) is 14.7. The Balaban J connectivity index is 2.37. The number of aryl methyl sites for hydroxylation is 1. The minimum absolute atomic E-state index is 0.0320. The van der Waals surface area contributed by atoms with Gasteiger partial charge in [-0.25, -0.2) is 0 Å². The van der Waals surface area contributed by atoms with Crippen molar-refractivity contribution in [2.75, 3.05) is 27.2 Å². The van der Waals surface area contributed by atoms with Gasteiger partial charge in [0.15, 0.2) is 0 Å². The lowest BCUT2D eigenvalue weighted by atomic mass is 10.1. The maximum absolute atomic E-state index is 11.5. The first-order valence-corrected chi connectivity index (χ1v) is 6.15. The molecule has 0 radical (unpaired) electrons. The molecule has 0 aliphatic rings. The van der Waals surface area contributed by atoms with E-state index >= 15 is 0 Å². The molecule has 0 heterocycles. The van der Waals surface area contributed by atoms with E-state index in [-0.39, 0.29) is 12.5 Å². The van der Waals surface area contributed by atoms with Gasteiger partial charge in [-0.2, -0.15) is 0 Å². The monoisotopic (exact) mass is 250 g/mol. The average molecular weight is 250 g/mol. The molecule has 0 bridgehead atoms. The van der Waals surface area contributed by atoms with Gasteiger partial charge in [0.2, 0.25) is 5.91 Å². The Morgan fingerprint density at radius 3 is 2.78 bits per heavy atom. The van der Waals surface area contributed by atoms with E-state index in [0.29, 0.717) is 13.0 Å². The van der Waals surface area contributed by atoms with Crippen LogP contribution >= 0.6 is 0 Å². The molecule has 0 aliphatic carbocycles. The summed E-state index contributed by atoms with van der Waals surface area (Å²) in [5, 5.41) is 12.7. The van der Waals surface area contributed by atoms with Crippen molar-refractivity contribution in [1.82, 2.24) is 10.2 Å². The first-order chi connectivity index (χ1) is 8.49. The van der Waals surface area contributed by atoms with Gasteiger partial charge in [0.25, 0.3) is 0 Å². The van der Waals surface area contributed by atoms with Gasteiger partial charge >= 0.3 is 0 Å². The van der Waals surface area contributed by atoms with E-state index in [0.717, 1.165) is 11.1 Å². The summed E-state index contributed by atoms with van der Waals surface area (Å²) in [6.45, 7) is 2.95. The van der Waals surface area contributed by atoms with Crippen molar-refractivity contribution < 1.29 is 9.90 Å². The lowest BCUT2D eigenvalue weighted by molar-refractivity contribution is -0.121. The molecule has 1 atom stereocenters. The summed E-state index contributed by atoms with van der Waals surface area (Å²) < 4.78 is 0. The van der Waals surface area contributed by atoms with Gasteiger partial charge in [-0.3, -0.25) is 4.79 Å². The normalized spacial score (nSPS) is 12.5. The molecule has 1 aromatic carbocycles. The summed E-state index contributed by atoms with van der Waals surface area (Å²) in [4.78, 5) is 13.5. The molecule has 4 heteroatoms. The zero-order valence-corrected chi connectivity index (χ0v) is 11.3. The number of rotatable bonds is 6. The zero-order valence-electron chi connectivity index (χ0n) is 11.3. The van der Waals surface area contributed by atoms with Crippen molar-refractivity contribution >= 4 is 5.91 Å². The number of hydrogen-bond donors (Lipinski definition) is 2. The quantitative estimate of drug-likeness (QED) is 0.795. The highest BCUT2D eigenvalue weighted by Gasteiger charge is 2.09. The summed E-state index contributed by atoms with van der Waals surface area (Å²) in [6.07, 6.45) is -0.193. The van der Waals surface area contributed by atoms with Gasteiger partial charge in [0, 0.05) is 19.5 Å². The average Bonchev–Trinajstić information content (AvgIpc) is 2.33. The predicted octanol–water partition coefficient (Wildman–Crippen LogP) is 1.10. The Labute approximate surface area is 109 Å². The van der Waals surface area contributed by atoms with Crippen molar-refractivity contribution in [2.45, 2.75) is 19.4 Å². The number of benzene rings is 1. The highest BCUT2D eigenvalue weighted by molar-refractivity contribution is 5.76.